The maximum absolute atomic E-state index is 9.02. The molecule has 1 heteroatoms. The topological polar surface area (TPSA) is 20.2 Å². The van der Waals surface area contributed by atoms with Crippen LogP contribution in [0.4, 0.5) is 0 Å². The van der Waals surface area contributed by atoms with Crippen LogP contribution >= 0.6 is 0 Å². The smallest absolute Gasteiger partial charge is 0.0641 e. The van der Waals surface area contributed by atoms with Gasteiger partial charge >= 0.3 is 0 Å². The number of hydrogen-bond donors (Lipinski definition) is 1. The molecule has 0 saturated carbocycles. The Morgan fingerprint density at radius 2 is 1.47 bits per heavy atom. The van der Waals surface area contributed by atoms with E-state index in [0.717, 1.165) is 23.8 Å². The highest BCUT2D eigenvalue weighted by Gasteiger charge is 2.04. The minimum absolute atomic E-state index is 0.218. The van der Waals surface area contributed by atoms with Crippen molar-refractivity contribution in [3.8, 4) is 0 Å². The number of aliphatic hydroxyl groups excluding tert-OH is 1. The van der Waals surface area contributed by atoms with Crippen molar-refractivity contribution in [1.29, 1.82) is 0 Å². The van der Waals surface area contributed by atoms with Gasteiger partial charge in [-0.15, -0.1) is 0 Å². The van der Waals surface area contributed by atoms with Gasteiger partial charge in [0, 0.05) is 0 Å². The van der Waals surface area contributed by atoms with Gasteiger partial charge in [-0.25, -0.2) is 0 Å². The summed E-state index contributed by atoms with van der Waals surface area (Å²) in [6.45, 7) is 11.4. The molecule has 0 aliphatic heterocycles. The molecule has 0 aromatic heterocycles. The van der Waals surface area contributed by atoms with Gasteiger partial charge < -0.3 is 5.11 Å². The normalized spacial score (nSPS) is 15.0. The molecule has 1 unspecified atom stereocenters. The van der Waals surface area contributed by atoms with Crippen LogP contribution in [0.25, 0.3) is 0 Å². The Hall–Kier alpha value is -0.300. The van der Waals surface area contributed by atoms with Gasteiger partial charge in [-0.05, 0) is 44.1 Å². The van der Waals surface area contributed by atoms with Crippen LogP contribution in [0.2, 0.25) is 0 Å². The number of hydrogen-bond acceptors (Lipinski definition) is 1. The highest BCUT2D eigenvalue weighted by Crippen LogP contribution is 2.19. The maximum Gasteiger partial charge on any atom is 0.0641 e. The van der Waals surface area contributed by atoms with E-state index in [-0.39, 0.29) is 6.61 Å². The monoisotopic (exact) mass is 240 g/mol. The second kappa shape index (κ2) is 9.70. The van der Waals surface area contributed by atoms with Gasteiger partial charge in [-0.2, -0.15) is 0 Å². The minimum atomic E-state index is 0.218. The van der Waals surface area contributed by atoms with Crippen molar-refractivity contribution in [3.63, 3.8) is 0 Å². The molecule has 1 N–H and O–H groups in total. The van der Waals surface area contributed by atoms with Gasteiger partial charge in [-0.3, -0.25) is 0 Å². The summed E-state index contributed by atoms with van der Waals surface area (Å²) >= 11 is 0. The van der Waals surface area contributed by atoms with Crippen LogP contribution in [-0.4, -0.2) is 11.7 Å². The van der Waals surface area contributed by atoms with E-state index in [1.807, 2.05) is 6.92 Å². The fourth-order valence-corrected chi connectivity index (χ4v) is 2.08. The Balaban J connectivity index is 3.61. The first-order valence-electron chi connectivity index (χ1n) is 7.23. The zero-order chi connectivity index (χ0) is 13.3. The number of aliphatic hydroxyl groups is 1. The quantitative estimate of drug-likeness (QED) is 0.565. The first-order chi connectivity index (χ1) is 7.97. The van der Waals surface area contributed by atoms with Gasteiger partial charge in [0.05, 0.1) is 6.61 Å². The molecule has 0 aliphatic rings. The van der Waals surface area contributed by atoms with Crippen LogP contribution in [0.15, 0.2) is 11.1 Å². The first-order valence-corrected chi connectivity index (χ1v) is 7.23. The Bertz CT molecular complexity index is 216. The van der Waals surface area contributed by atoms with E-state index in [0.29, 0.717) is 0 Å². The SMILES string of the molecule is CC(CO)=C(C)CCCC(C)CCCC(C)C. The molecule has 102 valence electrons. The summed E-state index contributed by atoms with van der Waals surface area (Å²) in [7, 11) is 0. The maximum atomic E-state index is 9.02. The Morgan fingerprint density at radius 3 is 2.00 bits per heavy atom. The number of allylic oxidation sites excluding steroid dienone is 1. The standard InChI is InChI=1S/C16H32O/c1-13(2)8-6-9-14(3)10-7-11-15(4)16(5)12-17/h13-14,17H,6-12H2,1-5H3. The van der Waals surface area contributed by atoms with E-state index in [2.05, 4.69) is 27.7 Å². The molecule has 1 atom stereocenters. The van der Waals surface area contributed by atoms with Gasteiger partial charge in [0.25, 0.3) is 0 Å². The minimum Gasteiger partial charge on any atom is -0.392 e. The highest BCUT2D eigenvalue weighted by molar-refractivity contribution is 5.09. The van der Waals surface area contributed by atoms with Crippen molar-refractivity contribution in [2.45, 2.75) is 73.1 Å². The zero-order valence-corrected chi connectivity index (χ0v) is 12.6. The van der Waals surface area contributed by atoms with Crippen LogP contribution < -0.4 is 0 Å². The molecule has 0 fully saturated rings. The second-order valence-electron chi connectivity index (χ2n) is 6.04. The lowest BCUT2D eigenvalue weighted by atomic mass is 9.94. The molecule has 1 nitrogen and oxygen atoms in total. The third-order valence-corrected chi connectivity index (χ3v) is 3.69. The van der Waals surface area contributed by atoms with Crippen molar-refractivity contribution in [3.05, 3.63) is 11.1 Å². The predicted octanol–water partition coefficient (Wildman–Crippen LogP) is 4.95. The lowest BCUT2D eigenvalue weighted by Crippen LogP contribution is -1.98. The molecule has 17 heavy (non-hydrogen) atoms. The molecule has 0 rings (SSSR count). The van der Waals surface area contributed by atoms with Crippen LogP contribution in [0, 0.1) is 11.8 Å². The Kier molecular flexibility index (Phi) is 9.53. The summed E-state index contributed by atoms with van der Waals surface area (Å²) in [6, 6.07) is 0. The summed E-state index contributed by atoms with van der Waals surface area (Å²) in [5.41, 5.74) is 2.53. The summed E-state index contributed by atoms with van der Waals surface area (Å²) in [5, 5.41) is 9.02. The average Bonchev–Trinajstić information content (AvgIpc) is 2.27. The lowest BCUT2D eigenvalue weighted by molar-refractivity contribution is 0.329. The molecule has 0 amide bonds. The predicted molar refractivity (Wildman–Crippen MR) is 77.2 cm³/mol. The van der Waals surface area contributed by atoms with Crippen LogP contribution in [0.5, 0.6) is 0 Å². The molecular weight excluding hydrogens is 208 g/mol. The van der Waals surface area contributed by atoms with E-state index in [4.69, 9.17) is 5.11 Å². The summed E-state index contributed by atoms with van der Waals surface area (Å²) < 4.78 is 0. The fourth-order valence-electron chi connectivity index (χ4n) is 2.08. The molecule has 0 saturated heterocycles. The first kappa shape index (κ1) is 16.7. The zero-order valence-electron chi connectivity index (χ0n) is 12.6. The van der Waals surface area contributed by atoms with Crippen molar-refractivity contribution in [1.82, 2.24) is 0 Å². The molecular formula is C16H32O. The number of rotatable bonds is 9. The Morgan fingerprint density at radius 1 is 0.882 bits per heavy atom. The van der Waals surface area contributed by atoms with Gasteiger partial charge in [-0.1, -0.05) is 52.0 Å². The highest BCUT2D eigenvalue weighted by atomic mass is 16.3. The molecule has 0 aliphatic carbocycles. The molecule has 0 spiro atoms. The van der Waals surface area contributed by atoms with E-state index < -0.39 is 0 Å². The third-order valence-electron chi connectivity index (χ3n) is 3.69. The fraction of sp³-hybridized carbons (Fsp3) is 0.875. The summed E-state index contributed by atoms with van der Waals surface area (Å²) in [4.78, 5) is 0. The van der Waals surface area contributed by atoms with Crippen LogP contribution in [-0.2, 0) is 0 Å². The molecule has 0 aromatic carbocycles. The molecule has 0 radical (unpaired) electrons. The van der Waals surface area contributed by atoms with Crippen LogP contribution in [0.3, 0.4) is 0 Å². The molecule has 0 heterocycles. The van der Waals surface area contributed by atoms with Crippen molar-refractivity contribution < 1.29 is 5.11 Å². The average molecular weight is 240 g/mol. The molecule has 0 aromatic rings. The second-order valence-corrected chi connectivity index (χ2v) is 6.04. The summed E-state index contributed by atoms with van der Waals surface area (Å²) in [5.74, 6) is 1.70. The van der Waals surface area contributed by atoms with E-state index >= 15 is 0 Å². The van der Waals surface area contributed by atoms with Gasteiger partial charge in [0.15, 0.2) is 0 Å². The van der Waals surface area contributed by atoms with Crippen molar-refractivity contribution in [2.24, 2.45) is 11.8 Å². The van der Waals surface area contributed by atoms with Crippen molar-refractivity contribution in [2.75, 3.05) is 6.61 Å². The van der Waals surface area contributed by atoms with Crippen LogP contribution in [0.1, 0.15) is 73.1 Å². The van der Waals surface area contributed by atoms with E-state index in [1.54, 1.807) is 0 Å². The third kappa shape index (κ3) is 9.41. The van der Waals surface area contributed by atoms with Gasteiger partial charge in [0.2, 0.25) is 0 Å². The molecule has 0 bridgehead atoms. The van der Waals surface area contributed by atoms with Gasteiger partial charge in [0.1, 0.15) is 0 Å². The summed E-state index contributed by atoms with van der Waals surface area (Å²) in [6.07, 6.45) is 7.87. The lowest BCUT2D eigenvalue weighted by Gasteiger charge is -2.12. The van der Waals surface area contributed by atoms with E-state index in [1.165, 1.54) is 37.7 Å². The Labute approximate surface area is 108 Å². The van der Waals surface area contributed by atoms with E-state index in [9.17, 15) is 0 Å². The largest absolute Gasteiger partial charge is 0.392 e. The van der Waals surface area contributed by atoms with Crippen molar-refractivity contribution >= 4 is 0 Å².